The van der Waals surface area contributed by atoms with Crippen molar-refractivity contribution in [2.75, 3.05) is 16.8 Å². The van der Waals surface area contributed by atoms with Crippen LogP contribution in [0.15, 0.2) is 48.5 Å². The summed E-state index contributed by atoms with van der Waals surface area (Å²) in [7, 11) is 0. The zero-order valence-electron chi connectivity index (χ0n) is 14.7. The van der Waals surface area contributed by atoms with Crippen LogP contribution < -0.4 is 10.2 Å². The first-order valence-electron chi connectivity index (χ1n) is 8.66. The van der Waals surface area contributed by atoms with E-state index in [2.05, 4.69) is 5.32 Å². The number of carbonyl (C=O) groups is 2. The number of hydrogen-bond acceptors (Lipinski definition) is 2. The van der Waals surface area contributed by atoms with E-state index in [0.717, 1.165) is 23.7 Å². The number of amides is 2. The van der Waals surface area contributed by atoms with Crippen LogP contribution in [0, 0.1) is 5.92 Å². The summed E-state index contributed by atoms with van der Waals surface area (Å²) >= 11 is 0. The van der Waals surface area contributed by atoms with Gasteiger partial charge in [0.25, 0.3) is 0 Å². The molecule has 2 amide bonds. The largest absolute Gasteiger partial charge is 0.418 e. The Labute approximate surface area is 155 Å². The van der Waals surface area contributed by atoms with Gasteiger partial charge in [0.05, 0.1) is 17.2 Å². The number of carbonyl (C=O) groups excluding carboxylic acids is 2. The minimum Gasteiger partial charge on any atom is -0.325 e. The normalized spacial score (nSPS) is 17.3. The average molecular weight is 376 g/mol. The van der Waals surface area contributed by atoms with Crippen molar-refractivity contribution in [3.63, 3.8) is 0 Å². The number of anilines is 2. The number of halogens is 3. The third-order valence-electron chi connectivity index (χ3n) is 4.65. The maximum atomic E-state index is 13.1. The molecule has 2 aromatic rings. The van der Waals surface area contributed by atoms with Gasteiger partial charge in [0.15, 0.2) is 0 Å². The fraction of sp³-hybridized carbons (Fsp3) is 0.300. The van der Waals surface area contributed by atoms with Crippen LogP contribution in [0.5, 0.6) is 0 Å². The Morgan fingerprint density at radius 3 is 2.52 bits per heavy atom. The van der Waals surface area contributed by atoms with Crippen LogP contribution >= 0.6 is 0 Å². The number of nitrogens with zero attached hydrogens (tertiary/aromatic N) is 1. The van der Waals surface area contributed by atoms with E-state index in [9.17, 15) is 22.8 Å². The molecule has 0 aromatic heterocycles. The molecule has 27 heavy (non-hydrogen) atoms. The Kier molecular flexibility index (Phi) is 5.21. The molecule has 0 aliphatic carbocycles. The van der Waals surface area contributed by atoms with Gasteiger partial charge in [0.1, 0.15) is 0 Å². The number of aryl methyl sites for hydroxylation is 1. The summed E-state index contributed by atoms with van der Waals surface area (Å²) in [6, 6.07) is 12.2. The molecule has 1 aliphatic heterocycles. The number of benzene rings is 2. The van der Waals surface area contributed by atoms with E-state index >= 15 is 0 Å². The zero-order chi connectivity index (χ0) is 19.6. The van der Waals surface area contributed by atoms with Crippen molar-refractivity contribution in [1.82, 2.24) is 0 Å². The Bertz CT molecular complexity index is 864. The van der Waals surface area contributed by atoms with Crippen LogP contribution in [0.4, 0.5) is 24.5 Å². The van der Waals surface area contributed by atoms with Crippen LogP contribution in [-0.4, -0.2) is 18.4 Å². The molecule has 1 saturated heterocycles. The van der Waals surface area contributed by atoms with Gasteiger partial charge in [-0.05, 0) is 30.2 Å². The van der Waals surface area contributed by atoms with E-state index in [-0.39, 0.29) is 24.6 Å². The Hall–Kier alpha value is -2.83. The number of para-hydroxylation sites is 2. The van der Waals surface area contributed by atoms with Crippen LogP contribution in [0.1, 0.15) is 24.5 Å². The second kappa shape index (κ2) is 7.42. The van der Waals surface area contributed by atoms with E-state index in [1.54, 1.807) is 4.90 Å². The maximum Gasteiger partial charge on any atom is 0.418 e. The smallest absolute Gasteiger partial charge is 0.325 e. The van der Waals surface area contributed by atoms with Crippen LogP contribution in [0.2, 0.25) is 0 Å². The molecule has 1 unspecified atom stereocenters. The summed E-state index contributed by atoms with van der Waals surface area (Å²) in [6.45, 7) is 2.12. The van der Waals surface area contributed by atoms with Gasteiger partial charge in [0, 0.05) is 18.7 Å². The highest BCUT2D eigenvalue weighted by atomic mass is 19.4. The molecule has 0 radical (unpaired) electrons. The van der Waals surface area contributed by atoms with Crippen molar-refractivity contribution < 1.29 is 22.8 Å². The summed E-state index contributed by atoms with van der Waals surface area (Å²) in [5.74, 6) is -1.50. The van der Waals surface area contributed by atoms with Crippen molar-refractivity contribution in [3.8, 4) is 0 Å². The van der Waals surface area contributed by atoms with Crippen molar-refractivity contribution >= 4 is 23.2 Å². The second-order valence-corrected chi connectivity index (χ2v) is 6.42. The average Bonchev–Trinajstić information content (AvgIpc) is 3.03. The van der Waals surface area contributed by atoms with Gasteiger partial charge in [-0.15, -0.1) is 0 Å². The standard InChI is InChI=1S/C20H19F3N2O2/c1-2-13-7-3-6-10-17(13)25-12-14(11-18(25)26)19(27)24-16-9-5-4-8-15(16)20(21,22)23/h3-10,14H,2,11-12H2,1H3,(H,24,27). The highest BCUT2D eigenvalue weighted by Gasteiger charge is 2.38. The number of nitrogens with one attached hydrogen (secondary N) is 1. The first-order chi connectivity index (χ1) is 12.8. The number of alkyl halides is 3. The zero-order valence-corrected chi connectivity index (χ0v) is 14.7. The molecular weight excluding hydrogens is 357 g/mol. The van der Waals surface area contributed by atoms with Gasteiger partial charge >= 0.3 is 6.18 Å². The minimum absolute atomic E-state index is 0.0297. The van der Waals surface area contributed by atoms with E-state index in [4.69, 9.17) is 0 Å². The third-order valence-corrected chi connectivity index (χ3v) is 4.65. The SMILES string of the molecule is CCc1ccccc1N1CC(C(=O)Nc2ccccc2C(F)(F)F)CC1=O. The monoisotopic (exact) mass is 376 g/mol. The third kappa shape index (κ3) is 3.97. The Morgan fingerprint density at radius 2 is 1.81 bits per heavy atom. The molecule has 4 nitrogen and oxygen atoms in total. The minimum atomic E-state index is -4.57. The molecule has 1 heterocycles. The first kappa shape index (κ1) is 18.9. The van der Waals surface area contributed by atoms with Crippen molar-refractivity contribution in [1.29, 1.82) is 0 Å². The number of rotatable bonds is 4. The van der Waals surface area contributed by atoms with Crippen LogP contribution in [-0.2, 0) is 22.2 Å². The summed E-state index contributed by atoms with van der Waals surface area (Å²) in [6.07, 6.45) is -3.87. The quantitative estimate of drug-likeness (QED) is 0.867. The predicted octanol–water partition coefficient (Wildman–Crippen LogP) is 4.26. The Morgan fingerprint density at radius 1 is 1.15 bits per heavy atom. The summed E-state index contributed by atoms with van der Waals surface area (Å²) in [5.41, 5.74) is 0.524. The van der Waals surface area contributed by atoms with Crippen molar-refractivity contribution in [3.05, 3.63) is 59.7 Å². The topological polar surface area (TPSA) is 49.4 Å². The molecule has 0 spiro atoms. The van der Waals surface area contributed by atoms with E-state index in [0.29, 0.717) is 0 Å². The highest BCUT2D eigenvalue weighted by molar-refractivity contribution is 6.04. The van der Waals surface area contributed by atoms with Gasteiger partial charge in [-0.1, -0.05) is 37.3 Å². The molecule has 1 N–H and O–H groups in total. The van der Waals surface area contributed by atoms with Crippen molar-refractivity contribution in [2.45, 2.75) is 25.9 Å². The molecule has 0 bridgehead atoms. The van der Waals surface area contributed by atoms with Gasteiger partial charge in [-0.3, -0.25) is 9.59 Å². The Balaban J connectivity index is 1.78. The molecule has 1 fully saturated rings. The number of hydrogen-bond donors (Lipinski definition) is 1. The summed E-state index contributed by atoms with van der Waals surface area (Å²) in [5, 5.41) is 2.34. The lowest BCUT2D eigenvalue weighted by Gasteiger charge is -2.20. The van der Waals surface area contributed by atoms with Crippen molar-refractivity contribution in [2.24, 2.45) is 5.92 Å². The van der Waals surface area contributed by atoms with E-state index < -0.39 is 23.6 Å². The maximum absolute atomic E-state index is 13.1. The molecule has 1 aliphatic rings. The predicted molar refractivity (Wildman–Crippen MR) is 96.4 cm³/mol. The second-order valence-electron chi connectivity index (χ2n) is 6.42. The molecule has 1 atom stereocenters. The molecule has 142 valence electrons. The molecule has 0 saturated carbocycles. The first-order valence-corrected chi connectivity index (χ1v) is 8.66. The highest BCUT2D eigenvalue weighted by Crippen LogP contribution is 2.35. The fourth-order valence-corrected chi connectivity index (χ4v) is 3.26. The van der Waals surface area contributed by atoms with Gasteiger partial charge in [-0.2, -0.15) is 13.2 Å². The molecule has 3 rings (SSSR count). The van der Waals surface area contributed by atoms with Gasteiger partial charge in [-0.25, -0.2) is 0 Å². The summed E-state index contributed by atoms with van der Waals surface area (Å²) < 4.78 is 39.3. The molecular formula is C20H19F3N2O2. The van der Waals surface area contributed by atoms with E-state index in [1.165, 1.54) is 18.2 Å². The van der Waals surface area contributed by atoms with Crippen LogP contribution in [0.25, 0.3) is 0 Å². The van der Waals surface area contributed by atoms with E-state index in [1.807, 2.05) is 31.2 Å². The van der Waals surface area contributed by atoms with Gasteiger partial charge in [0.2, 0.25) is 11.8 Å². The fourth-order valence-electron chi connectivity index (χ4n) is 3.26. The lowest BCUT2D eigenvalue weighted by molar-refractivity contribution is -0.137. The lowest BCUT2D eigenvalue weighted by atomic mass is 10.1. The molecule has 7 heteroatoms. The van der Waals surface area contributed by atoms with Crippen LogP contribution in [0.3, 0.4) is 0 Å². The molecule has 2 aromatic carbocycles. The summed E-state index contributed by atoms with van der Waals surface area (Å²) in [4.78, 5) is 26.5. The lowest BCUT2D eigenvalue weighted by Crippen LogP contribution is -2.29. The van der Waals surface area contributed by atoms with Gasteiger partial charge < -0.3 is 10.2 Å².